The van der Waals surface area contributed by atoms with E-state index in [1.54, 1.807) is 0 Å². The minimum absolute atomic E-state index is 0.595. The van der Waals surface area contributed by atoms with Crippen molar-refractivity contribution in [3.63, 3.8) is 0 Å². The van der Waals surface area contributed by atoms with Crippen LogP contribution in [0.4, 0.5) is 0 Å². The molecule has 0 bridgehead atoms. The first-order valence-electron chi connectivity index (χ1n) is 31.4. The molecular weight excluding hydrogens is 1150 g/mol. The molecule has 0 saturated heterocycles. The quantitative estimate of drug-likeness (QED) is 0.133. The Hall–Kier alpha value is -12.8. The molecule has 8 nitrogen and oxygen atoms in total. The van der Waals surface area contributed by atoms with Crippen molar-refractivity contribution in [1.82, 2.24) is 29.9 Å². The fraction of sp³-hybridized carbons (Fsp3) is 0. The van der Waals surface area contributed by atoms with Crippen LogP contribution in [0.25, 0.3) is 178 Å². The van der Waals surface area contributed by atoms with Crippen molar-refractivity contribution in [2.24, 2.45) is 0 Å². The van der Waals surface area contributed by atoms with Crippen molar-refractivity contribution in [2.75, 3.05) is 0 Å². The van der Waals surface area contributed by atoms with Crippen LogP contribution < -0.4 is 0 Å². The third kappa shape index (κ3) is 10.8. The van der Waals surface area contributed by atoms with Crippen molar-refractivity contribution in [3.8, 4) is 113 Å². The fourth-order valence-corrected chi connectivity index (χ4v) is 12.6. The first kappa shape index (κ1) is 55.3. The Morgan fingerprint density at radius 3 is 0.979 bits per heavy atom. The summed E-state index contributed by atoms with van der Waals surface area (Å²) < 4.78 is 12.4. The van der Waals surface area contributed by atoms with Gasteiger partial charge in [-0.2, -0.15) is 0 Å². The van der Waals surface area contributed by atoms with Crippen molar-refractivity contribution in [1.29, 1.82) is 0 Å². The zero-order valence-corrected chi connectivity index (χ0v) is 50.7. The van der Waals surface area contributed by atoms with Gasteiger partial charge in [0.05, 0.1) is 0 Å². The Bertz CT molecular complexity index is 5830. The maximum Gasteiger partial charge on any atom is 0.164 e. The number of fused-ring (bicyclic) bond motifs is 8. The van der Waals surface area contributed by atoms with Crippen molar-refractivity contribution < 1.29 is 8.83 Å². The molecule has 0 amide bonds. The lowest BCUT2D eigenvalue weighted by molar-refractivity contribution is 0.668. The molecule has 0 spiro atoms. The molecule has 0 aliphatic rings. The van der Waals surface area contributed by atoms with Gasteiger partial charge >= 0.3 is 0 Å². The van der Waals surface area contributed by atoms with Gasteiger partial charge in [0.25, 0.3) is 0 Å². The molecule has 0 fully saturated rings. The zero-order chi connectivity index (χ0) is 62.3. The van der Waals surface area contributed by atoms with Gasteiger partial charge in [0.15, 0.2) is 34.9 Å². The van der Waals surface area contributed by atoms with Crippen LogP contribution in [0.5, 0.6) is 0 Å². The number of hydrogen-bond acceptors (Lipinski definition) is 8. The summed E-state index contributed by atoms with van der Waals surface area (Å²) in [5.74, 6) is 3.67. The van der Waals surface area contributed by atoms with Crippen LogP contribution >= 0.6 is 0 Å². The number of furan rings is 2. The molecule has 0 unspecified atom stereocenters. The Morgan fingerprint density at radius 2 is 0.489 bits per heavy atom. The minimum Gasteiger partial charge on any atom is -0.456 e. The van der Waals surface area contributed by atoms with Crippen LogP contribution in [0.3, 0.4) is 0 Å². The van der Waals surface area contributed by atoms with Crippen LogP contribution in [0.2, 0.25) is 0 Å². The molecule has 0 radical (unpaired) electrons. The number of hydrogen-bond donors (Lipinski definition) is 0. The summed E-state index contributed by atoms with van der Waals surface area (Å²) in [5.41, 5.74) is 18.0. The third-order valence-corrected chi connectivity index (χ3v) is 17.5. The highest BCUT2D eigenvalue weighted by Gasteiger charge is 2.20. The van der Waals surface area contributed by atoms with E-state index in [2.05, 4.69) is 261 Å². The van der Waals surface area contributed by atoms with Gasteiger partial charge in [0.2, 0.25) is 0 Å². The summed E-state index contributed by atoms with van der Waals surface area (Å²) in [7, 11) is 0. The Balaban J connectivity index is 0.000000143. The first-order valence-corrected chi connectivity index (χ1v) is 31.4. The monoisotopic (exact) mass is 1200 g/mol. The number of benzene rings is 14. The van der Waals surface area contributed by atoms with E-state index in [-0.39, 0.29) is 0 Å². The van der Waals surface area contributed by atoms with E-state index in [9.17, 15) is 0 Å². The second-order valence-electron chi connectivity index (χ2n) is 23.4. The molecular formula is C86H54N6O2. The molecule has 0 aliphatic heterocycles. The third-order valence-electron chi connectivity index (χ3n) is 17.5. The highest BCUT2D eigenvalue weighted by Crippen LogP contribution is 2.39. The van der Waals surface area contributed by atoms with Crippen LogP contribution in [0.15, 0.2) is 336 Å². The summed E-state index contributed by atoms with van der Waals surface area (Å²) in [6.07, 6.45) is 0. The average molecular weight is 1200 g/mol. The Kier molecular flexibility index (Phi) is 14.0. The molecule has 18 rings (SSSR count). The summed E-state index contributed by atoms with van der Waals surface area (Å²) in [4.78, 5) is 30.2. The zero-order valence-electron chi connectivity index (χ0n) is 50.7. The Morgan fingerprint density at radius 1 is 0.170 bits per heavy atom. The highest BCUT2D eigenvalue weighted by molar-refractivity contribution is 6.12. The highest BCUT2D eigenvalue weighted by atomic mass is 16.3. The van der Waals surface area contributed by atoms with Crippen LogP contribution in [-0.4, -0.2) is 29.9 Å². The van der Waals surface area contributed by atoms with E-state index in [1.807, 2.05) is 66.7 Å². The standard InChI is InChI=1S/2C43H27N3O/c1-2-9-28(10-3-1)30-17-22-32(23-18-30)41-44-42(33-24-19-31(20-25-33)35-26-21-29-11-4-5-12-34(29)27-35)46-43(45-41)37-14-8-16-39-40(37)36-13-6-7-15-38(36)47-39;1-2-8-28(9-3-1)30-14-19-32(20-15-30)41-44-42(33-21-16-31(17-22-33)35-23-18-29-10-4-5-11-34(29)26-35)46-43(45-41)36-24-25-38-37-12-6-7-13-39(37)47-40(38)27-36/h2*1-27H. The lowest BCUT2D eigenvalue weighted by Crippen LogP contribution is -2.00. The molecule has 440 valence electrons. The maximum atomic E-state index is 6.21. The van der Waals surface area contributed by atoms with E-state index in [1.165, 1.54) is 43.8 Å². The van der Waals surface area contributed by atoms with Gasteiger partial charge in [0, 0.05) is 54.9 Å². The van der Waals surface area contributed by atoms with Gasteiger partial charge in [-0.15, -0.1) is 0 Å². The predicted molar refractivity (Wildman–Crippen MR) is 384 cm³/mol. The van der Waals surface area contributed by atoms with Crippen LogP contribution in [0, 0.1) is 0 Å². The largest absolute Gasteiger partial charge is 0.456 e. The molecule has 0 N–H and O–H groups in total. The second kappa shape index (κ2) is 23.9. The van der Waals surface area contributed by atoms with E-state index in [0.29, 0.717) is 34.9 Å². The lowest BCUT2D eigenvalue weighted by atomic mass is 10.00. The molecule has 8 heteroatoms. The summed E-state index contributed by atoms with van der Waals surface area (Å²) in [6, 6.07) is 113. The molecule has 14 aromatic carbocycles. The van der Waals surface area contributed by atoms with Gasteiger partial charge in [-0.05, 0) is 109 Å². The van der Waals surface area contributed by atoms with Crippen LogP contribution in [0.1, 0.15) is 0 Å². The number of para-hydroxylation sites is 2. The van der Waals surface area contributed by atoms with Gasteiger partial charge in [-0.3, -0.25) is 0 Å². The first-order chi connectivity index (χ1) is 46.5. The van der Waals surface area contributed by atoms with Crippen LogP contribution in [-0.2, 0) is 0 Å². The molecule has 0 saturated carbocycles. The Labute approximate surface area is 541 Å². The molecule has 4 aromatic heterocycles. The SMILES string of the molecule is c1ccc(-c2ccc(-c3nc(-c4ccc(-c5ccc6ccccc6c5)cc4)nc(-c4ccc5c(c4)oc4ccccc45)n3)cc2)cc1.c1ccc(-c2ccc(-c3nc(-c4ccc(-c5ccc6ccccc6c5)cc4)nc(-c4cccc5oc6ccccc6c45)n3)cc2)cc1. The second-order valence-corrected chi connectivity index (χ2v) is 23.4. The number of aromatic nitrogens is 6. The smallest absolute Gasteiger partial charge is 0.164 e. The molecule has 94 heavy (non-hydrogen) atoms. The van der Waals surface area contributed by atoms with Crippen molar-refractivity contribution >= 4 is 65.4 Å². The lowest BCUT2D eigenvalue weighted by Gasteiger charge is -2.10. The van der Waals surface area contributed by atoms with Crippen molar-refractivity contribution in [3.05, 3.63) is 328 Å². The molecule has 4 heterocycles. The molecule has 0 aliphatic carbocycles. The topological polar surface area (TPSA) is 104 Å². The van der Waals surface area contributed by atoms with E-state index < -0.39 is 0 Å². The average Bonchev–Trinajstić information content (AvgIpc) is 1.58. The van der Waals surface area contributed by atoms with E-state index in [0.717, 1.165) is 99.5 Å². The summed E-state index contributed by atoms with van der Waals surface area (Å²) in [5, 5.41) is 9.10. The number of nitrogens with zero attached hydrogens (tertiary/aromatic N) is 6. The summed E-state index contributed by atoms with van der Waals surface area (Å²) in [6.45, 7) is 0. The molecule has 18 aromatic rings. The van der Waals surface area contributed by atoms with Gasteiger partial charge in [0.1, 0.15) is 22.3 Å². The van der Waals surface area contributed by atoms with Gasteiger partial charge in [-0.1, -0.05) is 285 Å². The minimum atomic E-state index is 0.595. The van der Waals surface area contributed by atoms with Gasteiger partial charge in [-0.25, -0.2) is 29.9 Å². The van der Waals surface area contributed by atoms with E-state index in [4.69, 9.17) is 38.7 Å². The van der Waals surface area contributed by atoms with E-state index >= 15 is 0 Å². The van der Waals surface area contributed by atoms with Crippen molar-refractivity contribution in [2.45, 2.75) is 0 Å². The number of rotatable bonds is 10. The maximum absolute atomic E-state index is 6.21. The normalized spacial score (nSPS) is 11.4. The van der Waals surface area contributed by atoms with Gasteiger partial charge < -0.3 is 8.83 Å². The summed E-state index contributed by atoms with van der Waals surface area (Å²) >= 11 is 0. The predicted octanol–water partition coefficient (Wildman–Crippen LogP) is 22.5. The fourth-order valence-electron chi connectivity index (χ4n) is 12.6. The molecule has 0 atom stereocenters.